The van der Waals surface area contributed by atoms with Gasteiger partial charge >= 0.3 is 5.97 Å². The van der Waals surface area contributed by atoms with Crippen molar-refractivity contribution < 1.29 is 33.5 Å². The Bertz CT molecular complexity index is 1210. The van der Waals surface area contributed by atoms with Crippen LogP contribution < -0.4 is 0 Å². The highest BCUT2D eigenvalue weighted by atomic mass is 35.5. The molecule has 0 aromatic carbocycles. The molecule has 12 atom stereocenters. The molecule has 0 aromatic rings. The van der Waals surface area contributed by atoms with Gasteiger partial charge in [0.15, 0.2) is 16.9 Å². The first-order valence-electron chi connectivity index (χ1n) is 16.8. The van der Waals surface area contributed by atoms with Gasteiger partial charge in [-0.05, 0) is 74.0 Å². The van der Waals surface area contributed by atoms with E-state index in [0.29, 0.717) is 42.5 Å². The molecule has 3 saturated carbocycles. The summed E-state index contributed by atoms with van der Waals surface area (Å²) in [7, 11) is 0. The summed E-state index contributed by atoms with van der Waals surface area (Å²) in [6.07, 6.45) is 6.27. The summed E-state index contributed by atoms with van der Waals surface area (Å²) in [4.78, 5) is 29.7. The number of nitrogens with zero attached hydrogens (tertiary/aromatic N) is 2. The monoisotopic (exact) mass is 620 g/mol. The number of halogens is 1. The van der Waals surface area contributed by atoms with E-state index in [-0.39, 0.29) is 34.1 Å². The van der Waals surface area contributed by atoms with Crippen molar-refractivity contribution in [2.24, 2.45) is 40.4 Å². The van der Waals surface area contributed by atoms with Gasteiger partial charge in [0.1, 0.15) is 11.9 Å². The largest absolute Gasteiger partial charge is 0.425 e. The van der Waals surface area contributed by atoms with Gasteiger partial charge in [0, 0.05) is 44.4 Å². The SMILES string of the molecule is C[C@H]1[C@H](N2CCN(C3=C(Cl)C(=O)OC3OC3CC4CCC3(C)C4(C)C)CC2)O[C@@H]2O[C@@]3(C)CC[C@H]4[C@H](C)CC[C@@H]1[C@@]24OO3. The van der Waals surface area contributed by atoms with Crippen LogP contribution >= 0.6 is 11.6 Å². The molecule has 240 valence electrons. The lowest BCUT2D eigenvalue weighted by molar-refractivity contribution is -0.574. The number of esters is 1. The van der Waals surface area contributed by atoms with Crippen molar-refractivity contribution in [2.45, 2.75) is 123 Å². The van der Waals surface area contributed by atoms with Crippen LogP contribution in [0.25, 0.3) is 0 Å². The highest BCUT2D eigenvalue weighted by Gasteiger charge is 2.70. The zero-order chi connectivity index (χ0) is 30.1. The molecule has 3 aliphatic carbocycles. The Morgan fingerprint density at radius 1 is 0.930 bits per heavy atom. The fraction of sp³-hybridized carbons (Fsp3) is 0.909. The van der Waals surface area contributed by atoms with Crippen molar-refractivity contribution in [1.82, 2.24) is 9.80 Å². The number of hydrogen-bond donors (Lipinski definition) is 0. The van der Waals surface area contributed by atoms with Gasteiger partial charge in [-0.25, -0.2) is 14.6 Å². The highest BCUT2D eigenvalue weighted by Crippen LogP contribution is 2.67. The predicted octanol–water partition coefficient (Wildman–Crippen LogP) is 5.38. The van der Waals surface area contributed by atoms with E-state index in [1.54, 1.807) is 0 Å². The van der Waals surface area contributed by atoms with Crippen LogP contribution in [0.15, 0.2) is 10.7 Å². The maximum Gasteiger partial charge on any atom is 0.354 e. The first-order chi connectivity index (χ1) is 20.4. The van der Waals surface area contributed by atoms with Gasteiger partial charge in [0.2, 0.25) is 12.1 Å². The van der Waals surface area contributed by atoms with Gasteiger partial charge in [-0.3, -0.25) is 4.90 Å². The maximum atomic E-state index is 12.7. The van der Waals surface area contributed by atoms with Crippen LogP contribution in [0, 0.1) is 40.4 Å². The molecule has 6 heterocycles. The van der Waals surface area contributed by atoms with E-state index < -0.39 is 29.9 Å². The van der Waals surface area contributed by atoms with Crippen LogP contribution in [0.5, 0.6) is 0 Å². The summed E-state index contributed by atoms with van der Waals surface area (Å²) in [6.45, 7) is 16.7. The normalized spacial score (nSPS) is 52.4. The average molecular weight is 621 g/mol. The standard InChI is InChI=1S/C33H49ClN2O7/c1-18-7-8-22-19(2)26(39-29-33(22)21(18)10-12-32(6,41-29)42-43-33)36-15-13-35(14-16-36)25-24(34)27(37)40-28(25)38-23-17-20-9-11-31(23,5)30(20,3)4/h18-23,26,28-29H,7-17H2,1-6H3/t18-,19-,20?,21+,22+,23?,26-,28?,29-,31?,32-,33-/m1/s1. The lowest BCUT2D eigenvalue weighted by Crippen LogP contribution is -2.72. The van der Waals surface area contributed by atoms with Gasteiger partial charge < -0.3 is 23.8 Å². The number of rotatable bonds is 4. The quantitative estimate of drug-likeness (QED) is 0.304. The summed E-state index contributed by atoms with van der Waals surface area (Å²) in [5.74, 6) is 0.821. The Morgan fingerprint density at radius 3 is 2.40 bits per heavy atom. The van der Waals surface area contributed by atoms with Crippen molar-refractivity contribution in [1.29, 1.82) is 0 Å². The molecule has 6 aliphatic heterocycles. The summed E-state index contributed by atoms with van der Waals surface area (Å²) < 4.78 is 25.9. The Labute approximate surface area is 260 Å². The number of ether oxygens (including phenoxy) is 4. The third kappa shape index (κ3) is 4.01. The number of carbonyl (C=O) groups excluding carboxylic acids is 1. The number of cyclic esters (lactones) is 1. The van der Waals surface area contributed by atoms with E-state index in [1.165, 1.54) is 12.8 Å². The summed E-state index contributed by atoms with van der Waals surface area (Å²) >= 11 is 6.63. The predicted molar refractivity (Wildman–Crippen MR) is 157 cm³/mol. The highest BCUT2D eigenvalue weighted by molar-refractivity contribution is 6.42. The lowest BCUT2D eigenvalue weighted by Gasteiger charge is -2.61. The van der Waals surface area contributed by atoms with Crippen LogP contribution in [-0.2, 0) is 33.5 Å². The molecular formula is C33H49ClN2O7. The van der Waals surface area contributed by atoms with Crippen molar-refractivity contribution >= 4 is 17.6 Å². The lowest BCUT2D eigenvalue weighted by atomic mass is 9.58. The third-order valence-electron chi connectivity index (χ3n) is 14.0. The second-order valence-electron chi connectivity index (χ2n) is 16.0. The fourth-order valence-electron chi connectivity index (χ4n) is 10.8. The molecule has 8 fully saturated rings. The molecule has 0 N–H and O–H groups in total. The molecule has 9 aliphatic rings. The summed E-state index contributed by atoms with van der Waals surface area (Å²) in [5, 5.41) is 0.158. The van der Waals surface area contributed by atoms with Crippen LogP contribution in [0.4, 0.5) is 0 Å². The molecule has 1 spiro atoms. The minimum absolute atomic E-state index is 0.0479. The summed E-state index contributed by atoms with van der Waals surface area (Å²) in [6, 6.07) is 0. The van der Waals surface area contributed by atoms with E-state index >= 15 is 0 Å². The topological polar surface area (TPSA) is 78.9 Å². The second-order valence-corrected chi connectivity index (χ2v) is 16.4. The van der Waals surface area contributed by atoms with E-state index in [0.717, 1.165) is 45.2 Å². The Hall–Kier alpha value is -0.940. The number of carbonyl (C=O) groups is 1. The molecule has 5 saturated heterocycles. The van der Waals surface area contributed by atoms with Crippen molar-refractivity contribution in [3.63, 3.8) is 0 Å². The first kappa shape index (κ1) is 29.5. The zero-order valence-electron chi connectivity index (χ0n) is 26.6. The second kappa shape index (κ2) is 9.79. The molecule has 10 heteroatoms. The molecule has 0 aromatic heterocycles. The van der Waals surface area contributed by atoms with Crippen LogP contribution in [0.2, 0.25) is 0 Å². The molecule has 0 amide bonds. The van der Waals surface area contributed by atoms with Gasteiger partial charge in [0.25, 0.3) is 0 Å². The van der Waals surface area contributed by atoms with Gasteiger partial charge in [0.05, 0.1) is 6.10 Å². The molecular weight excluding hydrogens is 572 g/mol. The number of hydrogen-bond acceptors (Lipinski definition) is 9. The molecule has 4 unspecified atom stereocenters. The van der Waals surface area contributed by atoms with Crippen molar-refractivity contribution in [3.05, 3.63) is 10.7 Å². The molecule has 4 bridgehead atoms. The van der Waals surface area contributed by atoms with E-state index in [9.17, 15) is 4.79 Å². The summed E-state index contributed by atoms with van der Waals surface area (Å²) in [5.41, 5.74) is 0.413. The first-order valence-corrected chi connectivity index (χ1v) is 17.2. The van der Waals surface area contributed by atoms with Crippen LogP contribution in [0.1, 0.15) is 86.5 Å². The fourth-order valence-corrected chi connectivity index (χ4v) is 11.1. The average Bonchev–Trinajstić information content (AvgIpc) is 3.33. The van der Waals surface area contributed by atoms with Crippen LogP contribution in [-0.4, -0.2) is 78.2 Å². The Balaban J connectivity index is 0.979. The molecule has 0 radical (unpaired) electrons. The minimum Gasteiger partial charge on any atom is -0.425 e. The van der Waals surface area contributed by atoms with Crippen LogP contribution in [0.3, 0.4) is 0 Å². The Morgan fingerprint density at radius 2 is 1.70 bits per heavy atom. The number of fused-ring (bicyclic) bond motifs is 4. The maximum absolute atomic E-state index is 12.7. The molecule has 43 heavy (non-hydrogen) atoms. The van der Waals surface area contributed by atoms with Gasteiger partial charge in [-0.1, -0.05) is 46.2 Å². The smallest absolute Gasteiger partial charge is 0.354 e. The molecule has 9 nitrogen and oxygen atoms in total. The molecule has 9 rings (SSSR count). The van der Waals surface area contributed by atoms with Gasteiger partial charge in [-0.2, -0.15) is 0 Å². The third-order valence-corrected chi connectivity index (χ3v) is 14.3. The number of piperazine rings is 1. The minimum atomic E-state index is -0.778. The van der Waals surface area contributed by atoms with E-state index in [2.05, 4.69) is 44.4 Å². The van der Waals surface area contributed by atoms with E-state index in [4.69, 9.17) is 40.3 Å². The van der Waals surface area contributed by atoms with Crippen molar-refractivity contribution in [2.75, 3.05) is 26.2 Å². The van der Waals surface area contributed by atoms with E-state index in [1.807, 2.05) is 6.92 Å². The zero-order valence-corrected chi connectivity index (χ0v) is 27.4. The van der Waals surface area contributed by atoms with Crippen molar-refractivity contribution in [3.8, 4) is 0 Å². The van der Waals surface area contributed by atoms with Gasteiger partial charge in [-0.15, -0.1) is 0 Å². The Kier molecular flexibility index (Phi) is 6.70.